The van der Waals surface area contributed by atoms with Crippen molar-refractivity contribution in [1.82, 2.24) is 4.90 Å². The second-order valence-electron chi connectivity index (χ2n) is 8.99. The molecule has 1 fully saturated rings. The van der Waals surface area contributed by atoms with Crippen molar-refractivity contribution < 1.29 is 28.9 Å². The van der Waals surface area contributed by atoms with Crippen LogP contribution in [-0.2, 0) is 16.1 Å². The molecule has 6 nitrogen and oxygen atoms in total. The van der Waals surface area contributed by atoms with Crippen molar-refractivity contribution >= 4 is 29.1 Å². The van der Waals surface area contributed by atoms with Crippen molar-refractivity contribution in [2.24, 2.45) is 5.92 Å². The molecule has 2 N–H and O–H groups in total. The number of nitrogens with zero attached hydrogens (tertiary/aromatic N) is 1. The lowest BCUT2D eigenvalue weighted by molar-refractivity contribution is -0.140. The lowest BCUT2D eigenvalue weighted by Gasteiger charge is -2.25. The van der Waals surface area contributed by atoms with Crippen LogP contribution in [0.25, 0.3) is 5.76 Å². The van der Waals surface area contributed by atoms with Gasteiger partial charge in [0.2, 0.25) is 0 Å². The number of aliphatic hydroxyl groups excluding tert-OH is 1. The van der Waals surface area contributed by atoms with Crippen LogP contribution in [0, 0.1) is 11.7 Å². The van der Waals surface area contributed by atoms with Crippen molar-refractivity contribution in [2.75, 3.05) is 6.61 Å². The fourth-order valence-corrected chi connectivity index (χ4v) is 4.19. The maximum absolute atomic E-state index is 13.4. The van der Waals surface area contributed by atoms with E-state index in [1.807, 2.05) is 13.8 Å². The summed E-state index contributed by atoms with van der Waals surface area (Å²) in [5.41, 5.74) is 1.25. The molecule has 186 valence electrons. The molecule has 3 aromatic rings. The molecule has 1 heterocycles. The number of phenolic OH excluding ortho intramolecular Hbond substituents is 1. The second-order valence-corrected chi connectivity index (χ2v) is 9.40. The monoisotopic (exact) mass is 509 g/mol. The van der Waals surface area contributed by atoms with Crippen LogP contribution in [0.4, 0.5) is 4.39 Å². The van der Waals surface area contributed by atoms with Gasteiger partial charge in [-0.05, 0) is 65.6 Å². The van der Waals surface area contributed by atoms with Crippen LogP contribution in [0.2, 0.25) is 5.02 Å². The number of likely N-dealkylation sites (tertiary alicyclic amines) is 1. The standard InChI is InChI=1S/C28H25ClFNO5/c1-16(2)15-36-21-10-5-18(6-11-21)26(33)24-25(19-7-12-23(32)22(29)13-19)31(28(35)27(24)34)14-17-3-8-20(30)9-4-17/h3-13,16,25,32-33H,14-15H2,1-2H3/b26-24-. The molecule has 1 aliphatic heterocycles. The highest BCUT2D eigenvalue weighted by Crippen LogP contribution is 2.42. The molecule has 0 aliphatic carbocycles. The average Bonchev–Trinajstić information content (AvgIpc) is 3.10. The highest BCUT2D eigenvalue weighted by atomic mass is 35.5. The van der Waals surface area contributed by atoms with Crippen molar-refractivity contribution in [2.45, 2.75) is 26.4 Å². The van der Waals surface area contributed by atoms with E-state index >= 15 is 0 Å². The van der Waals surface area contributed by atoms with Crippen molar-refractivity contribution in [3.8, 4) is 11.5 Å². The van der Waals surface area contributed by atoms with Gasteiger partial charge in [-0.2, -0.15) is 0 Å². The number of aliphatic hydroxyl groups is 1. The molecule has 0 spiro atoms. The Morgan fingerprint density at radius 1 is 1.06 bits per heavy atom. The summed E-state index contributed by atoms with van der Waals surface area (Å²) < 4.78 is 19.1. The number of ketones is 1. The van der Waals surface area contributed by atoms with E-state index in [0.29, 0.717) is 35.0 Å². The largest absolute Gasteiger partial charge is 0.507 e. The van der Waals surface area contributed by atoms with E-state index in [2.05, 4.69) is 0 Å². The first kappa shape index (κ1) is 25.3. The number of phenols is 1. The summed E-state index contributed by atoms with van der Waals surface area (Å²) >= 11 is 6.13. The smallest absolute Gasteiger partial charge is 0.295 e. The molecule has 0 radical (unpaired) electrons. The van der Waals surface area contributed by atoms with Gasteiger partial charge in [0, 0.05) is 12.1 Å². The topological polar surface area (TPSA) is 87.1 Å². The summed E-state index contributed by atoms with van der Waals surface area (Å²) in [4.78, 5) is 27.6. The third-order valence-electron chi connectivity index (χ3n) is 5.80. The summed E-state index contributed by atoms with van der Waals surface area (Å²) in [6.07, 6.45) is 0. The summed E-state index contributed by atoms with van der Waals surface area (Å²) in [5, 5.41) is 21.1. The molecule has 3 aromatic carbocycles. The first-order valence-corrected chi connectivity index (χ1v) is 11.8. The van der Waals surface area contributed by atoms with Crippen LogP contribution < -0.4 is 4.74 Å². The van der Waals surface area contributed by atoms with Gasteiger partial charge in [-0.3, -0.25) is 9.59 Å². The Hall–Kier alpha value is -3.84. The minimum absolute atomic E-state index is 0.00717. The highest BCUT2D eigenvalue weighted by molar-refractivity contribution is 6.46. The number of benzene rings is 3. The molecule has 0 aromatic heterocycles. The van der Waals surface area contributed by atoms with Crippen molar-refractivity contribution in [3.05, 3.63) is 99.8 Å². The minimum atomic E-state index is -0.981. The molecule has 1 aliphatic rings. The van der Waals surface area contributed by atoms with E-state index in [9.17, 15) is 24.2 Å². The Morgan fingerprint density at radius 3 is 2.33 bits per heavy atom. The van der Waals surface area contributed by atoms with Gasteiger partial charge in [0.15, 0.2) is 0 Å². The number of rotatable bonds is 7. The predicted molar refractivity (Wildman–Crippen MR) is 134 cm³/mol. The van der Waals surface area contributed by atoms with Crippen LogP contribution in [0.1, 0.15) is 36.6 Å². The normalized spacial score (nSPS) is 17.1. The zero-order chi connectivity index (χ0) is 26.0. The van der Waals surface area contributed by atoms with Gasteiger partial charge in [0.1, 0.15) is 23.1 Å². The molecule has 1 saturated heterocycles. The number of carbonyl (C=O) groups is 2. The van der Waals surface area contributed by atoms with Gasteiger partial charge in [0.25, 0.3) is 11.7 Å². The Labute approximate surface area is 213 Å². The number of amides is 1. The van der Waals surface area contributed by atoms with Crippen LogP contribution in [0.3, 0.4) is 0 Å². The average molecular weight is 510 g/mol. The molecule has 1 amide bonds. The van der Waals surface area contributed by atoms with Gasteiger partial charge >= 0.3 is 0 Å². The lowest BCUT2D eigenvalue weighted by atomic mass is 9.95. The van der Waals surface area contributed by atoms with E-state index in [0.717, 1.165) is 0 Å². The number of aromatic hydroxyl groups is 1. The predicted octanol–water partition coefficient (Wildman–Crippen LogP) is 5.84. The molecule has 0 saturated carbocycles. The zero-order valence-electron chi connectivity index (χ0n) is 19.7. The Kier molecular flexibility index (Phi) is 7.31. The molecule has 36 heavy (non-hydrogen) atoms. The van der Waals surface area contributed by atoms with Crippen molar-refractivity contribution in [1.29, 1.82) is 0 Å². The second kappa shape index (κ2) is 10.4. The molecular formula is C28H25ClFNO5. The molecule has 1 atom stereocenters. The van der Waals surface area contributed by atoms with Gasteiger partial charge < -0.3 is 19.8 Å². The quantitative estimate of drug-likeness (QED) is 0.237. The van der Waals surface area contributed by atoms with E-state index < -0.39 is 23.5 Å². The summed E-state index contributed by atoms with van der Waals surface area (Å²) in [7, 11) is 0. The number of halogens is 2. The van der Waals surface area contributed by atoms with Crippen molar-refractivity contribution in [3.63, 3.8) is 0 Å². The summed E-state index contributed by atoms with van der Waals surface area (Å²) in [6.45, 7) is 4.58. The number of hydrogen-bond acceptors (Lipinski definition) is 5. The van der Waals surface area contributed by atoms with Gasteiger partial charge in [0.05, 0.1) is 23.2 Å². The number of carbonyl (C=O) groups excluding carboxylic acids is 2. The lowest BCUT2D eigenvalue weighted by Crippen LogP contribution is -2.29. The van der Waals surface area contributed by atoms with Crippen LogP contribution >= 0.6 is 11.6 Å². The van der Waals surface area contributed by atoms with E-state index in [1.165, 1.54) is 47.4 Å². The van der Waals surface area contributed by atoms with Crippen LogP contribution in [0.15, 0.2) is 72.3 Å². The maximum Gasteiger partial charge on any atom is 0.295 e. The number of Topliss-reactive ketones (excluding diaryl/α,β-unsaturated/α-hetero) is 1. The SMILES string of the molecule is CC(C)COc1ccc(/C(O)=C2/C(=O)C(=O)N(Cc3ccc(F)cc3)C2c2ccc(O)c(Cl)c2)cc1. The molecule has 1 unspecified atom stereocenters. The third-order valence-corrected chi connectivity index (χ3v) is 6.11. The van der Waals surface area contributed by atoms with E-state index in [1.54, 1.807) is 24.3 Å². The first-order valence-electron chi connectivity index (χ1n) is 11.4. The molecular weight excluding hydrogens is 485 g/mol. The molecule has 0 bridgehead atoms. The summed E-state index contributed by atoms with van der Waals surface area (Å²) in [6, 6.07) is 15.5. The van der Waals surface area contributed by atoms with Gasteiger partial charge in [-0.1, -0.05) is 43.6 Å². The van der Waals surface area contributed by atoms with Gasteiger partial charge in [-0.15, -0.1) is 0 Å². The fourth-order valence-electron chi connectivity index (χ4n) is 4.00. The Balaban J connectivity index is 1.78. The third kappa shape index (κ3) is 5.21. The first-order chi connectivity index (χ1) is 17.2. The Bertz CT molecular complexity index is 1320. The summed E-state index contributed by atoms with van der Waals surface area (Å²) in [5.74, 6) is -1.65. The Morgan fingerprint density at radius 2 is 1.72 bits per heavy atom. The van der Waals surface area contributed by atoms with Gasteiger partial charge in [-0.25, -0.2) is 4.39 Å². The number of ether oxygens (including phenoxy) is 1. The fraction of sp³-hybridized carbons (Fsp3) is 0.214. The highest BCUT2D eigenvalue weighted by Gasteiger charge is 2.46. The number of hydrogen-bond donors (Lipinski definition) is 2. The van der Waals surface area contributed by atoms with Crippen LogP contribution in [0.5, 0.6) is 11.5 Å². The maximum atomic E-state index is 13.4. The van der Waals surface area contributed by atoms with E-state index in [-0.39, 0.29) is 28.6 Å². The minimum Gasteiger partial charge on any atom is -0.507 e. The molecule has 8 heteroatoms. The molecule has 4 rings (SSSR count). The van der Waals surface area contributed by atoms with Crippen LogP contribution in [-0.4, -0.2) is 33.4 Å². The zero-order valence-corrected chi connectivity index (χ0v) is 20.5. The van der Waals surface area contributed by atoms with E-state index in [4.69, 9.17) is 16.3 Å².